The molecule has 202 valence electrons. The van der Waals surface area contributed by atoms with Crippen LogP contribution in [0.15, 0.2) is 60.7 Å². The highest BCUT2D eigenvalue weighted by atomic mass is 16.5. The molecular formula is C29H35N3O6. The average Bonchev–Trinajstić information content (AvgIpc) is 2.90. The number of aldehydes is 1. The fourth-order valence-electron chi connectivity index (χ4n) is 4.30. The van der Waals surface area contributed by atoms with E-state index >= 15 is 0 Å². The average molecular weight is 522 g/mol. The van der Waals surface area contributed by atoms with Gasteiger partial charge in [0, 0.05) is 39.0 Å². The molecule has 0 aromatic heterocycles. The molecule has 0 saturated carbocycles. The Morgan fingerprint density at radius 3 is 2.16 bits per heavy atom. The summed E-state index contributed by atoms with van der Waals surface area (Å²) in [6, 6.07) is 18.3. The molecule has 0 bridgehead atoms. The highest BCUT2D eigenvalue weighted by Gasteiger charge is 2.32. The Balaban J connectivity index is 1.54. The second kappa shape index (κ2) is 15.7. The smallest absolute Gasteiger partial charge is 0.247 e. The molecule has 2 aromatic rings. The Morgan fingerprint density at radius 2 is 1.50 bits per heavy atom. The summed E-state index contributed by atoms with van der Waals surface area (Å²) in [4.78, 5) is 66.0. The number of nitrogens with zero attached hydrogens (tertiary/aromatic N) is 3. The number of benzene rings is 2. The van der Waals surface area contributed by atoms with E-state index in [1.165, 1.54) is 4.90 Å². The second-order valence-electron chi connectivity index (χ2n) is 9.29. The molecular weight excluding hydrogens is 486 g/mol. The number of hydrogen-bond donors (Lipinski definition) is 0. The van der Waals surface area contributed by atoms with E-state index in [-0.39, 0.29) is 56.0 Å². The van der Waals surface area contributed by atoms with Gasteiger partial charge in [0.2, 0.25) is 11.8 Å². The van der Waals surface area contributed by atoms with Crippen molar-refractivity contribution >= 4 is 35.4 Å². The molecule has 3 rings (SSSR count). The van der Waals surface area contributed by atoms with Gasteiger partial charge in [-0.05, 0) is 24.1 Å². The van der Waals surface area contributed by atoms with Gasteiger partial charge in [-0.3, -0.25) is 29.0 Å². The SMILES string of the molecule is O=CCCOCCCC(=O)CN(CCN1CC(=O)N(c2ccccc2)C(=O)C1)CC(=O)Cc1ccccc1. The van der Waals surface area contributed by atoms with Gasteiger partial charge in [0.1, 0.15) is 12.1 Å². The molecule has 1 aliphatic heterocycles. The number of Topliss-reactive ketones (excluding diaryl/α,β-unsaturated/α-hetero) is 2. The summed E-state index contributed by atoms with van der Waals surface area (Å²) >= 11 is 0. The first-order valence-corrected chi connectivity index (χ1v) is 12.9. The Morgan fingerprint density at radius 1 is 0.868 bits per heavy atom. The van der Waals surface area contributed by atoms with Gasteiger partial charge in [-0.25, -0.2) is 4.90 Å². The van der Waals surface area contributed by atoms with Crippen molar-refractivity contribution in [1.29, 1.82) is 0 Å². The highest BCUT2D eigenvalue weighted by Crippen LogP contribution is 2.17. The number of amides is 2. The highest BCUT2D eigenvalue weighted by molar-refractivity contribution is 6.17. The van der Waals surface area contributed by atoms with Crippen LogP contribution in [0.2, 0.25) is 0 Å². The van der Waals surface area contributed by atoms with Gasteiger partial charge in [0.05, 0.1) is 38.5 Å². The number of anilines is 1. The Kier molecular flexibility index (Phi) is 12.0. The molecule has 0 spiro atoms. The number of para-hydroxylation sites is 1. The van der Waals surface area contributed by atoms with Crippen LogP contribution < -0.4 is 4.90 Å². The maximum Gasteiger partial charge on any atom is 0.247 e. The molecule has 9 nitrogen and oxygen atoms in total. The van der Waals surface area contributed by atoms with Gasteiger partial charge >= 0.3 is 0 Å². The first kappa shape index (κ1) is 29.0. The van der Waals surface area contributed by atoms with Crippen molar-refractivity contribution in [2.24, 2.45) is 0 Å². The van der Waals surface area contributed by atoms with E-state index in [2.05, 4.69) is 0 Å². The van der Waals surface area contributed by atoms with Crippen LogP contribution in [0.1, 0.15) is 24.8 Å². The van der Waals surface area contributed by atoms with Gasteiger partial charge in [-0.15, -0.1) is 0 Å². The number of carbonyl (C=O) groups excluding carboxylic acids is 5. The van der Waals surface area contributed by atoms with Crippen molar-refractivity contribution in [3.8, 4) is 0 Å². The molecule has 0 unspecified atom stereocenters. The zero-order valence-electron chi connectivity index (χ0n) is 21.6. The zero-order valence-corrected chi connectivity index (χ0v) is 21.6. The van der Waals surface area contributed by atoms with Crippen LogP contribution >= 0.6 is 0 Å². The van der Waals surface area contributed by atoms with Gasteiger partial charge in [0.25, 0.3) is 0 Å². The lowest BCUT2D eigenvalue weighted by molar-refractivity contribution is -0.132. The van der Waals surface area contributed by atoms with Crippen LogP contribution in [0.4, 0.5) is 5.69 Å². The predicted molar refractivity (Wildman–Crippen MR) is 143 cm³/mol. The third-order valence-electron chi connectivity index (χ3n) is 6.13. The molecule has 1 aliphatic rings. The number of imide groups is 1. The fraction of sp³-hybridized carbons (Fsp3) is 0.414. The van der Waals surface area contributed by atoms with Gasteiger partial charge in [0.15, 0.2) is 5.78 Å². The normalized spacial score (nSPS) is 14.2. The van der Waals surface area contributed by atoms with E-state index in [0.717, 1.165) is 11.8 Å². The lowest BCUT2D eigenvalue weighted by Gasteiger charge is -2.33. The maximum atomic E-state index is 12.8. The molecule has 1 heterocycles. The number of rotatable bonds is 17. The monoisotopic (exact) mass is 521 g/mol. The minimum absolute atomic E-state index is 0.0118. The van der Waals surface area contributed by atoms with E-state index in [0.29, 0.717) is 51.3 Å². The molecule has 2 aromatic carbocycles. The van der Waals surface area contributed by atoms with Crippen LogP contribution in [0.3, 0.4) is 0 Å². The summed E-state index contributed by atoms with van der Waals surface area (Å²) in [5.41, 5.74) is 1.46. The lowest BCUT2D eigenvalue weighted by Crippen LogP contribution is -2.55. The Labute approximate surface area is 223 Å². The molecule has 0 N–H and O–H groups in total. The summed E-state index contributed by atoms with van der Waals surface area (Å²) in [6.45, 7) is 1.84. The third-order valence-corrected chi connectivity index (χ3v) is 6.13. The largest absolute Gasteiger partial charge is 0.381 e. The summed E-state index contributed by atoms with van der Waals surface area (Å²) < 4.78 is 5.32. The Bertz CT molecular complexity index is 1060. The number of ketones is 2. The van der Waals surface area contributed by atoms with E-state index in [1.54, 1.807) is 34.1 Å². The second-order valence-corrected chi connectivity index (χ2v) is 9.29. The van der Waals surface area contributed by atoms with Gasteiger partial charge in [-0.1, -0.05) is 48.5 Å². The summed E-state index contributed by atoms with van der Waals surface area (Å²) in [7, 11) is 0. The summed E-state index contributed by atoms with van der Waals surface area (Å²) in [5.74, 6) is -0.630. The van der Waals surface area contributed by atoms with E-state index in [9.17, 15) is 24.0 Å². The molecule has 9 heteroatoms. The van der Waals surface area contributed by atoms with E-state index in [1.807, 2.05) is 36.4 Å². The van der Waals surface area contributed by atoms with Crippen LogP contribution in [-0.2, 0) is 35.1 Å². The number of piperazine rings is 1. The number of carbonyl (C=O) groups is 5. The number of ether oxygens (including phenoxy) is 1. The van der Waals surface area contributed by atoms with Crippen molar-refractivity contribution < 1.29 is 28.7 Å². The van der Waals surface area contributed by atoms with Crippen molar-refractivity contribution in [2.75, 3.05) is 57.4 Å². The number of hydrogen-bond acceptors (Lipinski definition) is 8. The third kappa shape index (κ3) is 9.74. The predicted octanol–water partition coefficient (Wildman–Crippen LogP) is 1.93. The van der Waals surface area contributed by atoms with Gasteiger partial charge in [-0.2, -0.15) is 0 Å². The molecule has 0 radical (unpaired) electrons. The molecule has 0 aliphatic carbocycles. The molecule has 0 atom stereocenters. The fourth-order valence-corrected chi connectivity index (χ4v) is 4.30. The van der Waals surface area contributed by atoms with Crippen molar-refractivity contribution in [2.45, 2.75) is 25.7 Å². The molecule has 1 saturated heterocycles. The summed E-state index contributed by atoms with van der Waals surface area (Å²) in [5, 5.41) is 0. The van der Waals surface area contributed by atoms with Crippen LogP contribution in [0.25, 0.3) is 0 Å². The van der Waals surface area contributed by atoms with Crippen LogP contribution in [0, 0.1) is 0 Å². The van der Waals surface area contributed by atoms with Crippen molar-refractivity contribution in [3.05, 3.63) is 66.2 Å². The summed E-state index contributed by atoms with van der Waals surface area (Å²) in [6.07, 6.45) is 2.22. The van der Waals surface area contributed by atoms with Crippen molar-refractivity contribution in [3.63, 3.8) is 0 Å². The van der Waals surface area contributed by atoms with E-state index in [4.69, 9.17) is 4.74 Å². The standard InChI is InChI=1S/C29H35N3O6/c33-16-8-18-38-17-7-13-26(34)20-30(21-27(35)19-24-9-3-1-4-10-24)14-15-31-22-28(36)32(29(37)23-31)25-11-5-2-6-12-25/h1-6,9-12,16H,7-8,13-15,17-23H2. The Hall–Kier alpha value is -3.53. The minimum atomic E-state index is -0.301. The minimum Gasteiger partial charge on any atom is -0.381 e. The van der Waals surface area contributed by atoms with Crippen LogP contribution in [0.5, 0.6) is 0 Å². The molecule has 38 heavy (non-hydrogen) atoms. The zero-order chi connectivity index (χ0) is 27.2. The first-order valence-electron chi connectivity index (χ1n) is 12.9. The topological polar surface area (TPSA) is 104 Å². The lowest BCUT2D eigenvalue weighted by atomic mass is 10.1. The molecule has 1 fully saturated rings. The maximum absolute atomic E-state index is 12.8. The van der Waals surface area contributed by atoms with Crippen LogP contribution in [-0.4, -0.2) is 91.9 Å². The van der Waals surface area contributed by atoms with E-state index < -0.39 is 0 Å². The van der Waals surface area contributed by atoms with Gasteiger partial charge < -0.3 is 9.53 Å². The molecule has 2 amide bonds. The first-order chi connectivity index (χ1) is 18.5. The quantitative estimate of drug-likeness (QED) is 0.177. The van der Waals surface area contributed by atoms with Crippen molar-refractivity contribution in [1.82, 2.24) is 9.80 Å².